The first-order valence-electron chi connectivity index (χ1n) is 8.92. The normalized spacial score (nSPS) is 30.0. The number of likely N-dealkylation sites (tertiary alicyclic amines) is 3. The van der Waals surface area contributed by atoms with Crippen molar-refractivity contribution in [1.29, 1.82) is 0 Å². The number of amides is 3. The smallest absolute Gasteiger partial charge is 0.407 e. The van der Waals surface area contributed by atoms with Gasteiger partial charge >= 0.3 is 6.09 Å². The van der Waals surface area contributed by atoms with Crippen molar-refractivity contribution >= 4 is 17.9 Å². The van der Waals surface area contributed by atoms with Gasteiger partial charge in [0.2, 0.25) is 11.8 Å². The Morgan fingerprint density at radius 1 is 1.21 bits per heavy atom. The summed E-state index contributed by atoms with van der Waals surface area (Å²) < 4.78 is 0. The lowest BCUT2D eigenvalue weighted by Crippen LogP contribution is -2.54. The molecule has 3 aliphatic rings. The van der Waals surface area contributed by atoms with Gasteiger partial charge in [-0.2, -0.15) is 0 Å². The van der Waals surface area contributed by atoms with Crippen molar-refractivity contribution in [3.8, 4) is 0 Å². The molecule has 0 aromatic carbocycles. The molecule has 3 saturated heterocycles. The van der Waals surface area contributed by atoms with Crippen molar-refractivity contribution in [2.24, 2.45) is 5.41 Å². The lowest BCUT2D eigenvalue weighted by Gasteiger charge is -2.44. The molecule has 0 aliphatic carbocycles. The van der Waals surface area contributed by atoms with Crippen LogP contribution in [0.4, 0.5) is 4.79 Å². The standard InChI is InChI=1S/C17H27N3O4/c1-12(2)20-14(21)10-17(15(20)22)6-3-7-19(11-17)13-4-8-18(9-5-13)16(23)24/h12-13H,3-11H2,1-2H3,(H,23,24). The van der Waals surface area contributed by atoms with Crippen LogP contribution in [0.25, 0.3) is 0 Å². The topological polar surface area (TPSA) is 81.2 Å². The van der Waals surface area contributed by atoms with Gasteiger partial charge in [-0.1, -0.05) is 0 Å². The first kappa shape index (κ1) is 17.2. The van der Waals surface area contributed by atoms with Gasteiger partial charge in [0.25, 0.3) is 0 Å². The van der Waals surface area contributed by atoms with E-state index in [0.29, 0.717) is 32.1 Å². The molecule has 0 bridgehead atoms. The maximum absolute atomic E-state index is 12.9. The van der Waals surface area contributed by atoms with Crippen LogP contribution < -0.4 is 0 Å². The first-order chi connectivity index (χ1) is 11.3. The second-order valence-corrected chi connectivity index (χ2v) is 7.69. The molecule has 0 aromatic rings. The minimum atomic E-state index is -0.854. The molecular formula is C17H27N3O4. The summed E-state index contributed by atoms with van der Waals surface area (Å²) in [5.41, 5.74) is -0.552. The van der Waals surface area contributed by atoms with Crippen LogP contribution in [0.2, 0.25) is 0 Å². The molecule has 1 unspecified atom stereocenters. The van der Waals surface area contributed by atoms with Crippen LogP contribution >= 0.6 is 0 Å². The largest absolute Gasteiger partial charge is 0.465 e. The highest BCUT2D eigenvalue weighted by Gasteiger charge is 2.54. The zero-order chi connectivity index (χ0) is 17.5. The molecule has 3 aliphatic heterocycles. The van der Waals surface area contributed by atoms with Crippen LogP contribution in [0.1, 0.15) is 46.0 Å². The Morgan fingerprint density at radius 3 is 2.42 bits per heavy atom. The first-order valence-corrected chi connectivity index (χ1v) is 8.92. The van der Waals surface area contributed by atoms with Gasteiger partial charge in [0.05, 0.1) is 5.41 Å². The third-order valence-electron chi connectivity index (χ3n) is 5.80. The summed E-state index contributed by atoms with van der Waals surface area (Å²) >= 11 is 0. The number of carboxylic acid groups (broad SMARTS) is 1. The average Bonchev–Trinajstić information content (AvgIpc) is 2.77. The lowest BCUT2D eigenvalue weighted by molar-refractivity contribution is -0.145. The van der Waals surface area contributed by atoms with E-state index in [-0.39, 0.29) is 17.9 Å². The van der Waals surface area contributed by atoms with Crippen molar-refractivity contribution < 1.29 is 19.5 Å². The zero-order valence-electron chi connectivity index (χ0n) is 14.5. The number of carbonyl (C=O) groups is 3. The summed E-state index contributed by atoms with van der Waals surface area (Å²) in [4.78, 5) is 41.5. The highest BCUT2D eigenvalue weighted by atomic mass is 16.4. The zero-order valence-corrected chi connectivity index (χ0v) is 14.5. The molecule has 0 saturated carbocycles. The highest BCUT2D eigenvalue weighted by Crippen LogP contribution is 2.42. The lowest BCUT2D eigenvalue weighted by atomic mass is 9.77. The van der Waals surface area contributed by atoms with E-state index in [2.05, 4.69) is 4.90 Å². The van der Waals surface area contributed by atoms with E-state index in [1.807, 2.05) is 13.8 Å². The minimum absolute atomic E-state index is 0.00447. The Morgan fingerprint density at radius 2 is 1.88 bits per heavy atom. The van der Waals surface area contributed by atoms with Gasteiger partial charge in [0.1, 0.15) is 0 Å². The number of nitrogens with zero attached hydrogens (tertiary/aromatic N) is 3. The second kappa shape index (κ2) is 6.35. The quantitative estimate of drug-likeness (QED) is 0.770. The Hall–Kier alpha value is -1.63. The minimum Gasteiger partial charge on any atom is -0.465 e. The molecule has 1 atom stereocenters. The highest BCUT2D eigenvalue weighted by molar-refractivity contribution is 6.06. The monoisotopic (exact) mass is 337 g/mol. The predicted molar refractivity (Wildman–Crippen MR) is 87.5 cm³/mol. The van der Waals surface area contributed by atoms with Crippen LogP contribution in [0.5, 0.6) is 0 Å². The van der Waals surface area contributed by atoms with Crippen molar-refractivity contribution in [1.82, 2.24) is 14.7 Å². The van der Waals surface area contributed by atoms with Gasteiger partial charge in [-0.3, -0.25) is 19.4 Å². The maximum Gasteiger partial charge on any atom is 0.407 e. The van der Waals surface area contributed by atoms with Crippen LogP contribution in [-0.2, 0) is 9.59 Å². The number of rotatable bonds is 2. The Kier molecular flexibility index (Phi) is 4.55. The molecule has 7 nitrogen and oxygen atoms in total. The number of imide groups is 1. The van der Waals surface area contributed by atoms with Crippen molar-refractivity contribution in [3.63, 3.8) is 0 Å². The molecular weight excluding hydrogens is 310 g/mol. The van der Waals surface area contributed by atoms with E-state index < -0.39 is 11.5 Å². The number of piperidine rings is 2. The van der Waals surface area contributed by atoms with Crippen LogP contribution in [-0.4, -0.2) is 76.0 Å². The fourth-order valence-corrected chi connectivity index (χ4v) is 4.56. The molecule has 1 spiro atoms. The third kappa shape index (κ3) is 2.90. The summed E-state index contributed by atoms with van der Waals surface area (Å²) in [5.74, 6) is -0.0484. The molecule has 3 fully saturated rings. The van der Waals surface area contributed by atoms with Gasteiger partial charge < -0.3 is 10.0 Å². The van der Waals surface area contributed by atoms with E-state index >= 15 is 0 Å². The summed E-state index contributed by atoms with van der Waals surface area (Å²) in [6.07, 6.45) is 2.79. The van der Waals surface area contributed by atoms with Crippen LogP contribution in [0.15, 0.2) is 0 Å². The predicted octanol–water partition coefficient (Wildman–Crippen LogP) is 1.38. The number of hydrogen-bond donors (Lipinski definition) is 1. The Bertz CT molecular complexity index is 542. The fraction of sp³-hybridized carbons (Fsp3) is 0.824. The molecule has 7 heteroatoms. The van der Waals surface area contributed by atoms with Gasteiger partial charge in [-0.05, 0) is 46.1 Å². The van der Waals surface area contributed by atoms with E-state index in [1.54, 1.807) is 0 Å². The van der Waals surface area contributed by atoms with Crippen molar-refractivity contribution in [3.05, 3.63) is 0 Å². The van der Waals surface area contributed by atoms with Crippen molar-refractivity contribution in [2.75, 3.05) is 26.2 Å². The molecule has 3 amide bonds. The molecule has 134 valence electrons. The molecule has 0 aromatic heterocycles. The second-order valence-electron chi connectivity index (χ2n) is 7.69. The Balaban J connectivity index is 1.68. The third-order valence-corrected chi connectivity index (χ3v) is 5.80. The number of hydrogen-bond acceptors (Lipinski definition) is 4. The molecule has 1 N–H and O–H groups in total. The molecule has 0 radical (unpaired) electrons. The van der Waals surface area contributed by atoms with E-state index in [4.69, 9.17) is 5.11 Å². The fourth-order valence-electron chi connectivity index (χ4n) is 4.56. The van der Waals surface area contributed by atoms with Gasteiger partial charge in [-0.15, -0.1) is 0 Å². The molecule has 3 heterocycles. The summed E-state index contributed by atoms with van der Waals surface area (Å²) in [6, 6.07) is 0.229. The maximum atomic E-state index is 12.9. The van der Waals surface area contributed by atoms with Crippen LogP contribution in [0.3, 0.4) is 0 Å². The Labute approximate surface area is 142 Å². The van der Waals surface area contributed by atoms with Gasteiger partial charge in [0, 0.05) is 38.1 Å². The summed E-state index contributed by atoms with van der Waals surface area (Å²) in [6.45, 7) is 6.44. The average molecular weight is 337 g/mol. The van der Waals surface area contributed by atoms with Gasteiger partial charge in [-0.25, -0.2) is 4.79 Å². The summed E-state index contributed by atoms with van der Waals surface area (Å²) in [7, 11) is 0. The summed E-state index contributed by atoms with van der Waals surface area (Å²) in [5, 5.41) is 9.07. The van der Waals surface area contributed by atoms with Crippen LogP contribution in [0, 0.1) is 5.41 Å². The number of carbonyl (C=O) groups excluding carboxylic acids is 2. The molecule has 24 heavy (non-hydrogen) atoms. The van der Waals surface area contributed by atoms with E-state index in [0.717, 1.165) is 32.2 Å². The van der Waals surface area contributed by atoms with E-state index in [9.17, 15) is 14.4 Å². The van der Waals surface area contributed by atoms with Gasteiger partial charge in [0.15, 0.2) is 0 Å². The van der Waals surface area contributed by atoms with E-state index in [1.165, 1.54) is 9.80 Å². The molecule has 3 rings (SSSR count). The SMILES string of the molecule is CC(C)N1C(=O)CC2(CCCN(C3CCN(C(=O)O)CC3)C2)C1=O. The van der Waals surface area contributed by atoms with Crippen molar-refractivity contribution in [2.45, 2.75) is 58.0 Å².